The Balaban J connectivity index is 2.41. The highest BCUT2D eigenvalue weighted by atomic mass is 19.4. The van der Waals surface area contributed by atoms with E-state index < -0.39 is 18.7 Å². The van der Waals surface area contributed by atoms with Crippen LogP contribution in [0.1, 0.15) is 15.9 Å². The minimum Gasteiger partial charge on any atom is -0.465 e. The molecule has 1 aromatic carbocycles. The van der Waals surface area contributed by atoms with Crippen LogP contribution in [0, 0.1) is 6.92 Å². The normalized spacial score (nSPS) is 11.5. The molecule has 5 nitrogen and oxygen atoms in total. The molecule has 0 spiro atoms. The second-order valence-electron chi connectivity index (χ2n) is 4.77. The highest BCUT2D eigenvalue weighted by molar-refractivity contribution is 5.94. The third-order valence-electron chi connectivity index (χ3n) is 3.16. The highest BCUT2D eigenvalue weighted by Crippen LogP contribution is 2.28. The van der Waals surface area contributed by atoms with E-state index in [1.165, 1.54) is 25.6 Å². The number of nitrogen functional groups attached to an aromatic ring is 1. The maximum absolute atomic E-state index is 12.3. The Kier molecular flexibility index (Phi) is 4.11. The minimum atomic E-state index is -4.35. The summed E-state index contributed by atoms with van der Waals surface area (Å²) in [5, 5.41) is 3.66. The number of alkyl halides is 3. The van der Waals surface area contributed by atoms with Gasteiger partial charge in [0.15, 0.2) is 0 Å². The number of esters is 1. The van der Waals surface area contributed by atoms with Crippen LogP contribution in [0.15, 0.2) is 24.5 Å². The van der Waals surface area contributed by atoms with Gasteiger partial charge in [0.1, 0.15) is 6.54 Å². The van der Waals surface area contributed by atoms with Crippen molar-refractivity contribution in [2.75, 3.05) is 12.8 Å². The molecule has 0 aliphatic carbocycles. The first-order valence-corrected chi connectivity index (χ1v) is 6.29. The van der Waals surface area contributed by atoms with Crippen LogP contribution in [0.3, 0.4) is 0 Å². The third-order valence-corrected chi connectivity index (χ3v) is 3.16. The minimum absolute atomic E-state index is 0.265. The van der Waals surface area contributed by atoms with Crippen LogP contribution in [0.5, 0.6) is 0 Å². The van der Waals surface area contributed by atoms with E-state index in [-0.39, 0.29) is 5.56 Å². The molecule has 0 bridgehead atoms. The van der Waals surface area contributed by atoms with Crippen LogP contribution in [0.4, 0.5) is 18.9 Å². The molecule has 0 aliphatic rings. The fourth-order valence-electron chi connectivity index (χ4n) is 2.01. The van der Waals surface area contributed by atoms with Crippen LogP contribution in [-0.2, 0) is 11.3 Å². The van der Waals surface area contributed by atoms with Gasteiger partial charge in [0.25, 0.3) is 0 Å². The zero-order chi connectivity index (χ0) is 16.5. The van der Waals surface area contributed by atoms with E-state index >= 15 is 0 Å². The molecule has 0 atom stereocenters. The summed E-state index contributed by atoms with van der Waals surface area (Å²) in [5.74, 6) is -0.561. The Labute approximate surface area is 124 Å². The average Bonchev–Trinajstić information content (AvgIpc) is 2.87. The van der Waals surface area contributed by atoms with Crippen molar-refractivity contribution in [1.82, 2.24) is 9.78 Å². The van der Waals surface area contributed by atoms with Gasteiger partial charge in [-0.1, -0.05) is 0 Å². The number of rotatable bonds is 3. The highest BCUT2D eigenvalue weighted by Gasteiger charge is 2.28. The fourth-order valence-corrected chi connectivity index (χ4v) is 2.01. The first kappa shape index (κ1) is 15.9. The molecule has 0 unspecified atom stereocenters. The molecular weight excluding hydrogens is 299 g/mol. The summed E-state index contributed by atoms with van der Waals surface area (Å²) in [4.78, 5) is 11.7. The van der Waals surface area contributed by atoms with Gasteiger partial charge in [-0.25, -0.2) is 4.79 Å². The van der Waals surface area contributed by atoms with Crippen molar-refractivity contribution in [3.8, 4) is 11.1 Å². The van der Waals surface area contributed by atoms with Crippen molar-refractivity contribution in [3.63, 3.8) is 0 Å². The number of hydrogen-bond donors (Lipinski definition) is 1. The number of carbonyl (C=O) groups excluding carboxylic acids is 1. The molecule has 0 saturated heterocycles. The molecule has 2 N–H and O–H groups in total. The number of halogens is 3. The number of nitrogens with two attached hydrogens (primary N) is 1. The molecule has 0 saturated carbocycles. The Bertz CT molecular complexity index is 708. The summed E-state index contributed by atoms with van der Waals surface area (Å²) < 4.78 is 42.5. The van der Waals surface area contributed by atoms with Gasteiger partial charge in [0.05, 0.1) is 18.9 Å². The number of benzene rings is 1. The van der Waals surface area contributed by atoms with Gasteiger partial charge in [-0.2, -0.15) is 18.3 Å². The maximum atomic E-state index is 12.3. The molecule has 2 aromatic rings. The van der Waals surface area contributed by atoms with E-state index in [1.807, 2.05) is 0 Å². The van der Waals surface area contributed by atoms with E-state index in [9.17, 15) is 18.0 Å². The fraction of sp³-hybridized carbons (Fsp3) is 0.286. The number of carbonyl (C=O) groups is 1. The van der Waals surface area contributed by atoms with Gasteiger partial charge < -0.3 is 10.5 Å². The first-order valence-electron chi connectivity index (χ1n) is 6.29. The lowest BCUT2D eigenvalue weighted by Crippen LogP contribution is -2.17. The topological polar surface area (TPSA) is 70.1 Å². The predicted octanol–water partition coefficient (Wildman–Crippen LogP) is 2.79. The second kappa shape index (κ2) is 5.70. The van der Waals surface area contributed by atoms with Crippen molar-refractivity contribution in [1.29, 1.82) is 0 Å². The molecule has 22 heavy (non-hydrogen) atoms. The Hall–Kier alpha value is -2.51. The van der Waals surface area contributed by atoms with Gasteiger partial charge >= 0.3 is 12.1 Å². The predicted molar refractivity (Wildman–Crippen MR) is 74.2 cm³/mol. The van der Waals surface area contributed by atoms with E-state index in [2.05, 4.69) is 9.84 Å². The summed E-state index contributed by atoms with van der Waals surface area (Å²) in [6, 6.07) is 3.10. The molecule has 0 radical (unpaired) electrons. The van der Waals surface area contributed by atoms with Crippen molar-refractivity contribution >= 4 is 11.7 Å². The first-order chi connectivity index (χ1) is 10.2. The summed E-state index contributed by atoms with van der Waals surface area (Å²) in [6.07, 6.45) is -1.82. The molecule has 1 aromatic heterocycles. The second-order valence-corrected chi connectivity index (χ2v) is 4.77. The van der Waals surface area contributed by atoms with Gasteiger partial charge in [-0.15, -0.1) is 0 Å². The lowest BCUT2D eigenvalue weighted by atomic mass is 10.00. The van der Waals surface area contributed by atoms with Crippen molar-refractivity contribution in [2.45, 2.75) is 19.6 Å². The monoisotopic (exact) mass is 313 g/mol. The summed E-state index contributed by atoms with van der Waals surface area (Å²) in [7, 11) is 1.24. The van der Waals surface area contributed by atoms with Crippen LogP contribution in [0.25, 0.3) is 11.1 Å². The molecule has 118 valence electrons. The van der Waals surface area contributed by atoms with Crippen LogP contribution >= 0.6 is 0 Å². The smallest absolute Gasteiger partial charge is 0.408 e. The number of anilines is 1. The molecule has 1 heterocycles. The lowest BCUT2D eigenvalue weighted by Gasteiger charge is -2.09. The largest absolute Gasteiger partial charge is 0.465 e. The zero-order valence-electron chi connectivity index (χ0n) is 11.9. The SMILES string of the molecule is COC(=O)c1cc(-c2cnn(CC(F)(F)F)c2)cc(N)c1C. The molecule has 8 heteroatoms. The van der Waals surface area contributed by atoms with Crippen molar-refractivity contribution in [2.24, 2.45) is 0 Å². The summed E-state index contributed by atoms with van der Waals surface area (Å²) in [6.45, 7) is 0.483. The number of methoxy groups -OCH3 is 1. The Morgan fingerprint density at radius 1 is 1.36 bits per heavy atom. The molecule has 2 rings (SSSR count). The number of aromatic nitrogens is 2. The van der Waals surface area contributed by atoms with Gasteiger partial charge in [0, 0.05) is 17.4 Å². The molecular formula is C14H14F3N3O2. The van der Waals surface area contributed by atoms with E-state index in [0.717, 1.165) is 4.68 Å². The van der Waals surface area contributed by atoms with Crippen LogP contribution in [0.2, 0.25) is 0 Å². The van der Waals surface area contributed by atoms with E-state index in [4.69, 9.17) is 5.73 Å². The Morgan fingerprint density at radius 3 is 2.64 bits per heavy atom. The quantitative estimate of drug-likeness (QED) is 0.699. The standard InChI is InChI=1S/C14H14F3N3O2/c1-8-11(13(21)22-2)3-9(4-12(8)18)10-5-19-20(6-10)7-14(15,16)17/h3-6H,7,18H2,1-2H3. The van der Waals surface area contributed by atoms with Gasteiger partial charge in [-0.05, 0) is 30.2 Å². The number of hydrogen-bond acceptors (Lipinski definition) is 4. The van der Waals surface area contributed by atoms with E-state index in [0.29, 0.717) is 22.4 Å². The molecule has 0 fully saturated rings. The number of nitrogens with zero attached hydrogens (tertiary/aromatic N) is 2. The molecule has 0 amide bonds. The summed E-state index contributed by atoms with van der Waals surface area (Å²) in [5.41, 5.74) is 7.94. The number of ether oxygens (including phenoxy) is 1. The van der Waals surface area contributed by atoms with E-state index in [1.54, 1.807) is 13.0 Å². The molecule has 0 aliphatic heterocycles. The van der Waals surface area contributed by atoms with Gasteiger partial charge in [-0.3, -0.25) is 4.68 Å². The van der Waals surface area contributed by atoms with Crippen LogP contribution in [-0.4, -0.2) is 29.0 Å². The Morgan fingerprint density at radius 2 is 2.05 bits per heavy atom. The maximum Gasteiger partial charge on any atom is 0.408 e. The van der Waals surface area contributed by atoms with Gasteiger partial charge in [0.2, 0.25) is 0 Å². The summed E-state index contributed by atoms with van der Waals surface area (Å²) >= 11 is 0. The third kappa shape index (κ3) is 3.38. The average molecular weight is 313 g/mol. The zero-order valence-corrected chi connectivity index (χ0v) is 11.9. The lowest BCUT2D eigenvalue weighted by molar-refractivity contribution is -0.142. The van der Waals surface area contributed by atoms with Crippen molar-refractivity contribution in [3.05, 3.63) is 35.7 Å². The van der Waals surface area contributed by atoms with Crippen molar-refractivity contribution < 1.29 is 22.7 Å². The van der Waals surface area contributed by atoms with Crippen LogP contribution < -0.4 is 5.73 Å².